The molecule has 0 saturated heterocycles. The summed E-state index contributed by atoms with van der Waals surface area (Å²) in [6, 6.07) is 3.62. The Morgan fingerprint density at radius 3 is 2.65 bits per heavy atom. The summed E-state index contributed by atoms with van der Waals surface area (Å²) in [5.41, 5.74) is 0.658. The third kappa shape index (κ3) is 3.14. The molecule has 2 rings (SSSR count). The first-order valence-corrected chi connectivity index (χ1v) is 8.04. The first-order chi connectivity index (χ1) is 9.44. The molecule has 0 saturated carbocycles. The fraction of sp³-hybridized carbons (Fsp3) is 0.167. The topological polar surface area (TPSA) is 58.2 Å². The molecule has 0 unspecified atom stereocenters. The van der Waals surface area contributed by atoms with Gasteiger partial charge < -0.3 is 5.32 Å². The average molecular weight is 318 g/mol. The van der Waals surface area contributed by atoms with Crippen molar-refractivity contribution in [1.82, 2.24) is 5.32 Å². The summed E-state index contributed by atoms with van der Waals surface area (Å²) in [6.45, 7) is 0.234. The van der Waals surface area contributed by atoms with Gasteiger partial charge in [0.15, 0.2) is 11.6 Å². The molecule has 0 aliphatic carbocycles. The zero-order valence-corrected chi connectivity index (χ0v) is 12.1. The van der Waals surface area contributed by atoms with Crippen molar-refractivity contribution in [3.05, 3.63) is 46.2 Å². The standard InChI is InChI=1S/C12H12F2N2O2S2/c1-15-6-8-4-10(13)12(14)11(5-8)20(17,18)16-9-2-3-19-7-9/h2-5,7,15-16H,6H2,1H3. The van der Waals surface area contributed by atoms with Crippen molar-refractivity contribution in [2.45, 2.75) is 11.4 Å². The van der Waals surface area contributed by atoms with Crippen LogP contribution in [0.3, 0.4) is 0 Å². The lowest BCUT2D eigenvalue weighted by Crippen LogP contribution is -2.16. The number of hydrogen-bond donors (Lipinski definition) is 2. The fourth-order valence-electron chi connectivity index (χ4n) is 1.65. The van der Waals surface area contributed by atoms with Gasteiger partial charge in [-0.25, -0.2) is 17.2 Å². The van der Waals surface area contributed by atoms with Gasteiger partial charge in [-0.15, -0.1) is 0 Å². The quantitative estimate of drug-likeness (QED) is 0.891. The third-order valence-corrected chi connectivity index (χ3v) is 4.56. The van der Waals surface area contributed by atoms with Crippen molar-refractivity contribution < 1.29 is 17.2 Å². The highest BCUT2D eigenvalue weighted by Crippen LogP contribution is 2.23. The number of rotatable bonds is 5. The SMILES string of the molecule is CNCc1cc(F)c(F)c(S(=O)(=O)Nc2ccsc2)c1. The second-order valence-electron chi connectivity index (χ2n) is 4.04. The molecule has 0 aliphatic rings. The summed E-state index contributed by atoms with van der Waals surface area (Å²) in [6.07, 6.45) is 0. The Bertz CT molecular complexity index is 700. The molecule has 0 bridgehead atoms. The first-order valence-electron chi connectivity index (χ1n) is 5.61. The van der Waals surface area contributed by atoms with Crippen molar-refractivity contribution in [2.75, 3.05) is 11.8 Å². The molecule has 0 radical (unpaired) electrons. The van der Waals surface area contributed by atoms with Crippen LogP contribution in [0.5, 0.6) is 0 Å². The van der Waals surface area contributed by atoms with E-state index in [1.807, 2.05) is 0 Å². The molecule has 1 heterocycles. The molecule has 1 aromatic heterocycles. The van der Waals surface area contributed by atoms with Gasteiger partial charge in [0, 0.05) is 11.9 Å². The molecule has 0 fully saturated rings. The lowest BCUT2D eigenvalue weighted by atomic mass is 10.2. The van der Waals surface area contributed by atoms with E-state index >= 15 is 0 Å². The fourth-order valence-corrected chi connectivity index (χ4v) is 3.50. The lowest BCUT2D eigenvalue weighted by Gasteiger charge is -2.10. The average Bonchev–Trinajstić information content (AvgIpc) is 2.85. The molecule has 4 nitrogen and oxygen atoms in total. The van der Waals surface area contributed by atoms with Crippen LogP contribution >= 0.6 is 11.3 Å². The van der Waals surface area contributed by atoms with Gasteiger partial charge in [-0.05, 0) is 36.2 Å². The van der Waals surface area contributed by atoms with Crippen molar-refractivity contribution in [3.63, 3.8) is 0 Å². The van der Waals surface area contributed by atoms with E-state index in [9.17, 15) is 17.2 Å². The molecule has 0 aliphatic heterocycles. The second kappa shape index (κ2) is 5.86. The van der Waals surface area contributed by atoms with Gasteiger partial charge in [0.1, 0.15) is 4.90 Å². The zero-order chi connectivity index (χ0) is 14.8. The van der Waals surface area contributed by atoms with E-state index in [1.165, 1.54) is 17.4 Å². The summed E-state index contributed by atoms with van der Waals surface area (Å²) in [7, 11) is -2.54. The van der Waals surface area contributed by atoms with Gasteiger partial charge in [-0.3, -0.25) is 4.72 Å². The van der Waals surface area contributed by atoms with Crippen LogP contribution in [0.4, 0.5) is 14.5 Å². The number of benzene rings is 1. The molecule has 20 heavy (non-hydrogen) atoms. The van der Waals surface area contributed by atoms with Crippen LogP contribution < -0.4 is 10.0 Å². The largest absolute Gasteiger partial charge is 0.316 e. The number of sulfonamides is 1. The van der Waals surface area contributed by atoms with Crippen molar-refractivity contribution >= 4 is 27.0 Å². The third-order valence-electron chi connectivity index (χ3n) is 2.50. The van der Waals surface area contributed by atoms with Crippen molar-refractivity contribution in [1.29, 1.82) is 0 Å². The minimum absolute atomic E-state index is 0.234. The molecule has 108 valence electrons. The normalized spacial score (nSPS) is 11.6. The number of anilines is 1. The minimum atomic E-state index is -4.16. The number of nitrogens with one attached hydrogen (secondary N) is 2. The highest BCUT2D eigenvalue weighted by molar-refractivity contribution is 7.92. The van der Waals surface area contributed by atoms with E-state index in [4.69, 9.17) is 0 Å². The smallest absolute Gasteiger partial charge is 0.264 e. The molecule has 8 heteroatoms. The van der Waals surface area contributed by atoms with Crippen LogP contribution in [-0.4, -0.2) is 15.5 Å². The molecular formula is C12H12F2N2O2S2. The van der Waals surface area contributed by atoms with Gasteiger partial charge in [-0.1, -0.05) is 0 Å². The molecule has 0 atom stereocenters. The maximum Gasteiger partial charge on any atom is 0.264 e. The van der Waals surface area contributed by atoms with Crippen LogP contribution in [0.15, 0.2) is 33.9 Å². The summed E-state index contributed by atoms with van der Waals surface area (Å²) < 4.78 is 53.6. The maximum atomic E-state index is 13.7. The summed E-state index contributed by atoms with van der Waals surface area (Å²) in [5.74, 6) is -2.57. The van der Waals surface area contributed by atoms with Crippen LogP contribution in [0.1, 0.15) is 5.56 Å². The van der Waals surface area contributed by atoms with Gasteiger partial charge in [0.2, 0.25) is 0 Å². The van der Waals surface area contributed by atoms with Crippen LogP contribution in [0, 0.1) is 11.6 Å². The second-order valence-corrected chi connectivity index (χ2v) is 6.47. The molecule has 0 amide bonds. The highest BCUT2D eigenvalue weighted by Gasteiger charge is 2.23. The Hall–Kier alpha value is -1.51. The Balaban J connectivity index is 2.44. The van der Waals surface area contributed by atoms with E-state index in [-0.39, 0.29) is 6.54 Å². The van der Waals surface area contributed by atoms with Crippen LogP contribution in [0.2, 0.25) is 0 Å². The first kappa shape index (κ1) is 14.9. The lowest BCUT2D eigenvalue weighted by molar-refractivity contribution is 0.483. The van der Waals surface area contributed by atoms with Gasteiger partial charge in [0.05, 0.1) is 5.69 Å². The molecule has 2 N–H and O–H groups in total. The number of hydrogen-bond acceptors (Lipinski definition) is 4. The van der Waals surface area contributed by atoms with E-state index in [2.05, 4.69) is 10.0 Å². The number of halogens is 2. The van der Waals surface area contributed by atoms with Crippen LogP contribution in [-0.2, 0) is 16.6 Å². The Morgan fingerprint density at radius 1 is 1.30 bits per heavy atom. The monoisotopic (exact) mass is 318 g/mol. The predicted octanol–water partition coefficient (Wildman–Crippen LogP) is 2.55. The highest BCUT2D eigenvalue weighted by atomic mass is 32.2. The molecule has 1 aromatic carbocycles. The van der Waals surface area contributed by atoms with Crippen molar-refractivity contribution in [3.8, 4) is 0 Å². The van der Waals surface area contributed by atoms with Crippen molar-refractivity contribution in [2.24, 2.45) is 0 Å². The van der Waals surface area contributed by atoms with E-state index in [0.29, 0.717) is 11.3 Å². The minimum Gasteiger partial charge on any atom is -0.316 e. The molecule has 2 aromatic rings. The van der Waals surface area contributed by atoms with Gasteiger partial charge >= 0.3 is 0 Å². The predicted molar refractivity (Wildman–Crippen MR) is 74.2 cm³/mol. The van der Waals surface area contributed by atoms with Gasteiger partial charge in [-0.2, -0.15) is 11.3 Å². The molecular weight excluding hydrogens is 306 g/mol. The summed E-state index contributed by atoms with van der Waals surface area (Å²) in [5, 5.41) is 5.98. The number of thiophene rings is 1. The van der Waals surface area contributed by atoms with E-state index in [0.717, 1.165) is 12.1 Å². The van der Waals surface area contributed by atoms with E-state index < -0.39 is 26.6 Å². The van der Waals surface area contributed by atoms with E-state index in [1.54, 1.807) is 17.8 Å². The Morgan fingerprint density at radius 2 is 2.05 bits per heavy atom. The van der Waals surface area contributed by atoms with Crippen LogP contribution in [0.25, 0.3) is 0 Å². The Kier molecular flexibility index (Phi) is 4.36. The molecule has 0 spiro atoms. The summed E-state index contributed by atoms with van der Waals surface area (Å²) >= 11 is 1.29. The summed E-state index contributed by atoms with van der Waals surface area (Å²) in [4.78, 5) is -0.700. The Labute approximate surface area is 119 Å². The zero-order valence-electron chi connectivity index (χ0n) is 10.5. The van der Waals surface area contributed by atoms with Gasteiger partial charge in [0.25, 0.3) is 10.0 Å². The maximum absolute atomic E-state index is 13.7.